The fraction of sp³-hybridized carbons (Fsp3) is 0.211. The molecule has 0 spiro atoms. The van der Waals surface area contributed by atoms with Gasteiger partial charge in [0.1, 0.15) is 5.69 Å². The van der Waals surface area contributed by atoms with E-state index in [0.29, 0.717) is 4.52 Å². The number of ether oxygens (including phenoxy) is 2. The van der Waals surface area contributed by atoms with Crippen molar-refractivity contribution >= 4 is 29.2 Å². The van der Waals surface area contributed by atoms with E-state index in [9.17, 15) is 27.6 Å². The number of aromatic nitrogens is 3. The van der Waals surface area contributed by atoms with E-state index in [-0.39, 0.29) is 33.8 Å². The van der Waals surface area contributed by atoms with Gasteiger partial charge in [-0.15, -0.1) is 0 Å². The summed E-state index contributed by atoms with van der Waals surface area (Å²) in [6.07, 6.45) is -4.71. The van der Waals surface area contributed by atoms with Crippen LogP contribution >= 0.6 is 0 Å². The van der Waals surface area contributed by atoms with Crippen molar-refractivity contribution in [2.75, 3.05) is 19.5 Å². The van der Waals surface area contributed by atoms with Gasteiger partial charge in [-0.3, -0.25) is 4.79 Å². The fourth-order valence-electron chi connectivity index (χ4n) is 2.78. The lowest BCUT2D eigenvalue weighted by molar-refractivity contribution is -0.142. The molecule has 1 N–H and O–H groups in total. The number of alkyl halides is 3. The fourth-order valence-corrected chi connectivity index (χ4v) is 2.78. The number of hydrogen-bond donors (Lipinski definition) is 1. The van der Waals surface area contributed by atoms with E-state index < -0.39 is 29.7 Å². The number of anilines is 1. The quantitative estimate of drug-likeness (QED) is 0.626. The SMILES string of the molecule is COC(=O)c1cc(NC(=O)c2cc3nc(C)cc(C(F)(F)F)n3n2)cc(C(=O)OC)c1. The Morgan fingerprint density at radius 1 is 0.968 bits per heavy atom. The van der Waals surface area contributed by atoms with Gasteiger partial charge < -0.3 is 14.8 Å². The molecule has 31 heavy (non-hydrogen) atoms. The topological polar surface area (TPSA) is 112 Å². The van der Waals surface area contributed by atoms with Crippen LogP contribution in [0.4, 0.5) is 18.9 Å². The third kappa shape index (κ3) is 4.47. The Labute approximate surface area is 172 Å². The average molecular weight is 436 g/mol. The Hall–Kier alpha value is -3.96. The molecule has 0 unspecified atom stereocenters. The number of benzene rings is 1. The maximum absolute atomic E-state index is 13.3. The summed E-state index contributed by atoms with van der Waals surface area (Å²) in [6, 6.07) is 5.57. The molecule has 2 heterocycles. The van der Waals surface area contributed by atoms with Gasteiger partial charge in [0.15, 0.2) is 11.3 Å². The van der Waals surface area contributed by atoms with Crippen molar-refractivity contribution < 1.29 is 37.0 Å². The smallest absolute Gasteiger partial charge is 0.433 e. The minimum absolute atomic E-state index is 0.00513. The number of halogens is 3. The Kier molecular flexibility index (Phi) is 5.64. The van der Waals surface area contributed by atoms with Gasteiger partial charge in [0.2, 0.25) is 0 Å². The highest BCUT2D eigenvalue weighted by molar-refractivity contribution is 6.05. The highest BCUT2D eigenvalue weighted by Gasteiger charge is 2.35. The number of nitrogens with zero attached hydrogens (tertiary/aromatic N) is 3. The number of aryl methyl sites for hydroxylation is 1. The first-order valence-corrected chi connectivity index (χ1v) is 8.61. The molecule has 1 aromatic carbocycles. The zero-order chi connectivity index (χ0) is 22.9. The van der Waals surface area contributed by atoms with Crippen LogP contribution in [0.2, 0.25) is 0 Å². The van der Waals surface area contributed by atoms with Gasteiger partial charge in [0, 0.05) is 17.4 Å². The Morgan fingerprint density at radius 2 is 1.55 bits per heavy atom. The highest BCUT2D eigenvalue weighted by Crippen LogP contribution is 2.30. The van der Waals surface area contributed by atoms with Gasteiger partial charge in [0.05, 0.1) is 25.3 Å². The minimum Gasteiger partial charge on any atom is -0.465 e. The lowest BCUT2D eigenvalue weighted by atomic mass is 10.1. The molecule has 0 bridgehead atoms. The van der Waals surface area contributed by atoms with Crippen molar-refractivity contribution in [3.63, 3.8) is 0 Å². The maximum atomic E-state index is 13.3. The van der Waals surface area contributed by atoms with Crippen LogP contribution in [-0.2, 0) is 15.7 Å². The van der Waals surface area contributed by atoms with Crippen molar-refractivity contribution in [1.29, 1.82) is 0 Å². The van der Waals surface area contributed by atoms with Crippen LogP contribution in [-0.4, -0.2) is 46.7 Å². The van der Waals surface area contributed by atoms with E-state index in [1.807, 2.05) is 0 Å². The van der Waals surface area contributed by atoms with E-state index in [1.54, 1.807) is 0 Å². The Bertz CT molecular complexity index is 1170. The van der Waals surface area contributed by atoms with Gasteiger partial charge in [0.25, 0.3) is 5.91 Å². The molecule has 0 aliphatic carbocycles. The number of methoxy groups -OCH3 is 2. The number of fused-ring (bicyclic) bond motifs is 1. The molecule has 0 fully saturated rings. The molecule has 3 rings (SSSR count). The Morgan fingerprint density at radius 3 is 2.06 bits per heavy atom. The number of rotatable bonds is 4. The predicted octanol–water partition coefficient (Wildman–Crippen LogP) is 2.88. The molecule has 3 aromatic rings. The molecular weight excluding hydrogens is 421 g/mol. The molecule has 0 radical (unpaired) electrons. The lowest BCUT2D eigenvalue weighted by Crippen LogP contribution is -2.16. The highest BCUT2D eigenvalue weighted by atomic mass is 19.4. The third-order valence-electron chi connectivity index (χ3n) is 4.11. The number of nitrogens with one attached hydrogen (secondary N) is 1. The molecule has 0 saturated carbocycles. The molecular formula is C19H15F3N4O5. The maximum Gasteiger partial charge on any atom is 0.433 e. The van der Waals surface area contributed by atoms with Gasteiger partial charge in [-0.05, 0) is 31.2 Å². The lowest BCUT2D eigenvalue weighted by Gasteiger charge is -2.09. The van der Waals surface area contributed by atoms with Crippen molar-refractivity contribution in [3.05, 3.63) is 58.5 Å². The second-order valence-electron chi connectivity index (χ2n) is 6.32. The predicted molar refractivity (Wildman–Crippen MR) is 99.8 cm³/mol. The van der Waals surface area contributed by atoms with Gasteiger partial charge in [-0.2, -0.15) is 18.3 Å². The van der Waals surface area contributed by atoms with Crippen molar-refractivity contribution in [2.24, 2.45) is 0 Å². The van der Waals surface area contributed by atoms with Gasteiger partial charge >= 0.3 is 18.1 Å². The van der Waals surface area contributed by atoms with Gasteiger partial charge in [-0.25, -0.2) is 19.1 Å². The largest absolute Gasteiger partial charge is 0.465 e. The Balaban J connectivity index is 2.00. The zero-order valence-corrected chi connectivity index (χ0v) is 16.4. The van der Waals surface area contributed by atoms with Crippen molar-refractivity contribution in [1.82, 2.24) is 14.6 Å². The molecule has 0 aliphatic heterocycles. The third-order valence-corrected chi connectivity index (χ3v) is 4.11. The number of hydrogen-bond acceptors (Lipinski definition) is 7. The van der Waals surface area contributed by atoms with Crippen LogP contribution < -0.4 is 5.32 Å². The molecule has 9 nitrogen and oxygen atoms in total. The summed E-state index contributed by atoms with van der Waals surface area (Å²) in [4.78, 5) is 40.3. The monoisotopic (exact) mass is 436 g/mol. The van der Waals surface area contributed by atoms with Crippen LogP contribution in [0.1, 0.15) is 42.6 Å². The minimum atomic E-state index is -4.71. The molecule has 2 aromatic heterocycles. The number of carbonyl (C=O) groups excluding carboxylic acids is 3. The molecule has 0 saturated heterocycles. The van der Waals surface area contributed by atoms with Crippen LogP contribution in [0.25, 0.3) is 5.65 Å². The van der Waals surface area contributed by atoms with Crippen LogP contribution in [0.15, 0.2) is 30.3 Å². The zero-order valence-electron chi connectivity index (χ0n) is 16.4. The second-order valence-corrected chi connectivity index (χ2v) is 6.32. The summed E-state index contributed by atoms with van der Waals surface area (Å²) in [5.74, 6) is -2.43. The summed E-state index contributed by atoms with van der Waals surface area (Å²) in [7, 11) is 2.27. The van der Waals surface area contributed by atoms with E-state index in [1.165, 1.54) is 25.1 Å². The van der Waals surface area contributed by atoms with Crippen LogP contribution in [0.5, 0.6) is 0 Å². The van der Waals surface area contributed by atoms with E-state index in [0.717, 1.165) is 26.4 Å². The molecule has 1 amide bonds. The second kappa shape index (κ2) is 8.05. The van der Waals surface area contributed by atoms with Crippen molar-refractivity contribution in [2.45, 2.75) is 13.1 Å². The summed E-state index contributed by atoms with van der Waals surface area (Å²) >= 11 is 0. The molecule has 0 aliphatic rings. The van der Waals surface area contributed by atoms with E-state index in [4.69, 9.17) is 0 Å². The number of esters is 2. The molecule has 162 valence electrons. The normalized spacial score (nSPS) is 11.3. The standard InChI is InChI=1S/C19H15F3N4O5/c1-9-4-14(19(20,21)22)26-15(23-9)8-13(25-26)16(27)24-12-6-10(17(28)30-2)5-11(7-12)18(29)31-3/h4-8H,1-3H3,(H,24,27). The summed E-state index contributed by atoms with van der Waals surface area (Å²) in [5.41, 5.74) is -1.61. The van der Waals surface area contributed by atoms with Gasteiger partial charge in [-0.1, -0.05) is 0 Å². The number of carbonyl (C=O) groups is 3. The van der Waals surface area contributed by atoms with Crippen LogP contribution in [0, 0.1) is 6.92 Å². The first kappa shape index (κ1) is 21.7. The molecule has 0 atom stereocenters. The van der Waals surface area contributed by atoms with Crippen LogP contribution in [0.3, 0.4) is 0 Å². The summed E-state index contributed by atoms with van der Waals surface area (Å²) < 4.78 is 49.6. The average Bonchev–Trinajstić information content (AvgIpc) is 3.14. The molecule has 12 heteroatoms. The summed E-state index contributed by atoms with van der Waals surface area (Å²) in [5, 5.41) is 6.09. The summed E-state index contributed by atoms with van der Waals surface area (Å²) in [6.45, 7) is 1.38. The number of amides is 1. The van der Waals surface area contributed by atoms with E-state index in [2.05, 4.69) is 24.9 Å². The van der Waals surface area contributed by atoms with E-state index >= 15 is 0 Å². The first-order valence-electron chi connectivity index (χ1n) is 8.61. The first-order chi connectivity index (χ1) is 14.5. The van der Waals surface area contributed by atoms with Crippen molar-refractivity contribution in [3.8, 4) is 0 Å².